The van der Waals surface area contributed by atoms with E-state index in [4.69, 9.17) is 9.47 Å². The molecule has 140 valence electrons. The number of rotatable bonds is 5. The van der Waals surface area contributed by atoms with E-state index in [1.165, 1.54) is 11.6 Å². The average Bonchev–Trinajstić information content (AvgIpc) is 2.71. The Kier molecular flexibility index (Phi) is 5.91. The molecule has 27 heavy (non-hydrogen) atoms. The summed E-state index contributed by atoms with van der Waals surface area (Å²) >= 11 is 0. The molecule has 0 saturated carbocycles. The quantitative estimate of drug-likeness (QED) is 0.601. The third kappa shape index (κ3) is 4.37. The van der Waals surface area contributed by atoms with Gasteiger partial charge >= 0.3 is 5.97 Å². The summed E-state index contributed by atoms with van der Waals surface area (Å²) in [4.78, 5) is 26.2. The standard InChI is InChI=1S/C22H23NO4/c1-3-27-21(24)12-9-16-5-4-6-18-15-23(14-13-20(16)18)22(25)17-7-10-19(26-2)11-8-17/h4-12H,3,13-15H2,1-2H3/b12-9+. The summed E-state index contributed by atoms with van der Waals surface area (Å²) in [5, 5.41) is 0. The second kappa shape index (κ2) is 8.54. The van der Waals surface area contributed by atoms with E-state index in [1.54, 1.807) is 44.4 Å². The van der Waals surface area contributed by atoms with E-state index in [2.05, 4.69) is 0 Å². The fraction of sp³-hybridized carbons (Fsp3) is 0.273. The molecule has 2 aromatic rings. The van der Waals surface area contributed by atoms with E-state index < -0.39 is 0 Å². The highest BCUT2D eigenvalue weighted by Gasteiger charge is 2.23. The monoisotopic (exact) mass is 365 g/mol. The fourth-order valence-electron chi connectivity index (χ4n) is 3.23. The minimum Gasteiger partial charge on any atom is -0.497 e. The maximum absolute atomic E-state index is 12.8. The molecule has 0 aliphatic carbocycles. The van der Waals surface area contributed by atoms with Crippen LogP contribution in [0.25, 0.3) is 6.08 Å². The van der Waals surface area contributed by atoms with Crippen molar-refractivity contribution in [1.82, 2.24) is 4.90 Å². The topological polar surface area (TPSA) is 55.8 Å². The first-order chi connectivity index (χ1) is 13.1. The number of fused-ring (bicyclic) bond motifs is 1. The van der Waals surface area contributed by atoms with Crippen LogP contribution in [0.2, 0.25) is 0 Å². The normalized spacial score (nSPS) is 13.3. The molecule has 5 heteroatoms. The van der Waals surface area contributed by atoms with E-state index in [0.717, 1.165) is 23.3 Å². The van der Waals surface area contributed by atoms with Crippen molar-refractivity contribution in [3.63, 3.8) is 0 Å². The Bertz CT molecular complexity index is 855. The number of nitrogens with zero attached hydrogens (tertiary/aromatic N) is 1. The highest BCUT2D eigenvalue weighted by molar-refractivity contribution is 5.94. The number of hydrogen-bond acceptors (Lipinski definition) is 4. The molecule has 1 aliphatic rings. The van der Waals surface area contributed by atoms with Crippen LogP contribution in [0.4, 0.5) is 0 Å². The molecule has 0 spiro atoms. The lowest BCUT2D eigenvalue weighted by molar-refractivity contribution is -0.137. The largest absolute Gasteiger partial charge is 0.497 e. The molecule has 0 bridgehead atoms. The number of amides is 1. The second-order valence-electron chi connectivity index (χ2n) is 6.28. The van der Waals surface area contributed by atoms with Crippen molar-refractivity contribution in [3.05, 3.63) is 70.8 Å². The van der Waals surface area contributed by atoms with Gasteiger partial charge in [-0.05, 0) is 60.4 Å². The van der Waals surface area contributed by atoms with Gasteiger partial charge in [-0.3, -0.25) is 4.79 Å². The Balaban J connectivity index is 1.75. The van der Waals surface area contributed by atoms with Gasteiger partial charge in [0.05, 0.1) is 13.7 Å². The smallest absolute Gasteiger partial charge is 0.330 e. The van der Waals surface area contributed by atoms with Crippen LogP contribution in [0, 0.1) is 0 Å². The molecule has 0 aromatic heterocycles. The zero-order chi connectivity index (χ0) is 19.2. The highest BCUT2D eigenvalue weighted by Crippen LogP contribution is 2.25. The van der Waals surface area contributed by atoms with Gasteiger partial charge in [-0.25, -0.2) is 4.79 Å². The Hall–Kier alpha value is -3.08. The number of esters is 1. The number of hydrogen-bond donors (Lipinski definition) is 0. The summed E-state index contributed by atoms with van der Waals surface area (Å²) in [5.74, 6) is 0.395. The van der Waals surface area contributed by atoms with Gasteiger partial charge in [0.2, 0.25) is 0 Å². The van der Waals surface area contributed by atoms with Gasteiger partial charge in [0, 0.05) is 24.7 Å². The first-order valence-electron chi connectivity index (χ1n) is 9.01. The Morgan fingerprint density at radius 2 is 1.93 bits per heavy atom. The van der Waals surface area contributed by atoms with Gasteiger partial charge < -0.3 is 14.4 Å². The van der Waals surface area contributed by atoms with E-state index in [-0.39, 0.29) is 11.9 Å². The van der Waals surface area contributed by atoms with Crippen LogP contribution in [-0.4, -0.2) is 37.0 Å². The van der Waals surface area contributed by atoms with Crippen molar-refractivity contribution >= 4 is 18.0 Å². The first kappa shape index (κ1) is 18.7. The minimum atomic E-state index is -0.345. The molecule has 0 fully saturated rings. The molecular weight excluding hydrogens is 342 g/mol. The molecular formula is C22H23NO4. The van der Waals surface area contributed by atoms with Crippen molar-refractivity contribution in [3.8, 4) is 5.75 Å². The predicted octanol–water partition coefficient (Wildman–Crippen LogP) is 3.47. The van der Waals surface area contributed by atoms with Crippen molar-refractivity contribution in [1.29, 1.82) is 0 Å². The van der Waals surface area contributed by atoms with Gasteiger partial charge in [-0.15, -0.1) is 0 Å². The molecule has 0 radical (unpaired) electrons. The van der Waals surface area contributed by atoms with Crippen LogP contribution >= 0.6 is 0 Å². The van der Waals surface area contributed by atoms with Gasteiger partial charge in [0.15, 0.2) is 0 Å². The molecule has 0 atom stereocenters. The molecule has 3 rings (SSSR count). The van der Waals surface area contributed by atoms with Gasteiger partial charge in [0.1, 0.15) is 5.75 Å². The summed E-state index contributed by atoms with van der Waals surface area (Å²) in [6.07, 6.45) is 3.99. The molecule has 0 saturated heterocycles. The highest BCUT2D eigenvalue weighted by atomic mass is 16.5. The van der Waals surface area contributed by atoms with Crippen LogP contribution in [0.5, 0.6) is 5.75 Å². The van der Waals surface area contributed by atoms with Crippen molar-refractivity contribution in [2.45, 2.75) is 19.9 Å². The number of carbonyl (C=O) groups excluding carboxylic acids is 2. The Morgan fingerprint density at radius 1 is 1.15 bits per heavy atom. The van der Waals surface area contributed by atoms with Crippen LogP contribution in [0.1, 0.15) is 34.0 Å². The maximum Gasteiger partial charge on any atom is 0.330 e. The van der Waals surface area contributed by atoms with Crippen LogP contribution in [0.3, 0.4) is 0 Å². The van der Waals surface area contributed by atoms with Crippen molar-refractivity contribution < 1.29 is 19.1 Å². The summed E-state index contributed by atoms with van der Waals surface area (Å²) < 4.78 is 10.1. The third-order valence-electron chi connectivity index (χ3n) is 4.61. The lowest BCUT2D eigenvalue weighted by atomic mass is 9.94. The minimum absolute atomic E-state index is 0.00997. The summed E-state index contributed by atoms with van der Waals surface area (Å²) in [6.45, 7) is 3.34. The van der Waals surface area contributed by atoms with E-state index >= 15 is 0 Å². The summed E-state index contributed by atoms with van der Waals surface area (Å²) in [5.41, 5.74) is 3.93. The number of carbonyl (C=O) groups is 2. The van der Waals surface area contributed by atoms with Gasteiger partial charge in [0.25, 0.3) is 5.91 Å². The predicted molar refractivity (Wildman–Crippen MR) is 104 cm³/mol. The van der Waals surface area contributed by atoms with Crippen molar-refractivity contribution in [2.75, 3.05) is 20.3 Å². The molecule has 0 unspecified atom stereocenters. The summed E-state index contributed by atoms with van der Waals surface area (Å²) in [6, 6.07) is 13.1. The zero-order valence-electron chi connectivity index (χ0n) is 15.6. The van der Waals surface area contributed by atoms with E-state index in [9.17, 15) is 9.59 Å². The van der Waals surface area contributed by atoms with E-state index in [1.807, 2.05) is 23.1 Å². The molecule has 1 amide bonds. The molecule has 1 aliphatic heterocycles. The fourth-order valence-corrected chi connectivity index (χ4v) is 3.23. The zero-order valence-corrected chi connectivity index (χ0v) is 15.6. The van der Waals surface area contributed by atoms with Gasteiger partial charge in [-0.2, -0.15) is 0 Å². The average molecular weight is 365 g/mol. The lowest BCUT2D eigenvalue weighted by Crippen LogP contribution is -2.36. The molecule has 5 nitrogen and oxygen atoms in total. The molecule has 2 aromatic carbocycles. The maximum atomic E-state index is 12.8. The van der Waals surface area contributed by atoms with Gasteiger partial charge in [-0.1, -0.05) is 18.2 Å². The molecule has 0 N–H and O–H groups in total. The first-order valence-corrected chi connectivity index (χ1v) is 9.01. The van der Waals surface area contributed by atoms with Crippen LogP contribution in [-0.2, 0) is 22.5 Å². The molecule has 1 heterocycles. The van der Waals surface area contributed by atoms with Crippen LogP contribution < -0.4 is 4.74 Å². The van der Waals surface area contributed by atoms with Crippen LogP contribution in [0.15, 0.2) is 48.5 Å². The van der Waals surface area contributed by atoms with Crippen molar-refractivity contribution in [2.24, 2.45) is 0 Å². The second-order valence-corrected chi connectivity index (χ2v) is 6.28. The number of benzene rings is 2. The number of ether oxygens (including phenoxy) is 2. The summed E-state index contributed by atoms with van der Waals surface area (Å²) in [7, 11) is 1.60. The van der Waals surface area contributed by atoms with E-state index in [0.29, 0.717) is 25.3 Å². The Labute approximate surface area is 159 Å². The Morgan fingerprint density at radius 3 is 2.63 bits per heavy atom. The third-order valence-corrected chi connectivity index (χ3v) is 4.61. The lowest BCUT2D eigenvalue weighted by Gasteiger charge is -2.30. The SMILES string of the molecule is CCOC(=O)/C=C/c1cccc2c1CCN(C(=O)c1ccc(OC)cc1)C2. The number of methoxy groups -OCH3 is 1.